The smallest absolute Gasteiger partial charge is 0.421 e. The average Bonchev–Trinajstić information content (AvgIpc) is 2.57. The molecule has 0 bridgehead atoms. The molecule has 0 saturated carbocycles. The summed E-state index contributed by atoms with van der Waals surface area (Å²) in [5.74, 6) is 1.27. The number of hydrogen-bond donors (Lipinski definition) is 0. The Balaban J connectivity index is 0.000000502. The predicted octanol–water partition coefficient (Wildman–Crippen LogP) is 1.22. The van der Waals surface area contributed by atoms with Crippen LogP contribution in [0.3, 0.4) is 0 Å². The summed E-state index contributed by atoms with van der Waals surface area (Å²) in [5.41, 5.74) is -12.4. The molecule has 1 aromatic heterocycles. The lowest BCUT2D eigenvalue weighted by molar-refractivity contribution is -0.677. The molecule has 0 atom stereocenters. The van der Waals surface area contributed by atoms with Crippen molar-refractivity contribution >= 4 is 20.0 Å². The molecule has 0 aliphatic heterocycles. The van der Waals surface area contributed by atoms with Crippen LogP contribution in [0.1, 0.15) is 5.82 Å². The van der Waals surface area contributed by atoms with Crippen LogP contribution in [0.4, 0.5) is 26.3 Å². The molecular weight excluding hydrogens is 380 g/mol. The summed E-state index contributed by atoms with van der Waals surface area (Å²) >= 11 is 0. The summed E-state index contributed by atoms with van der Waals surface area (Å²) in [4.78, 5) is 0. The van der Waals surface area contributed by atoms with Crippen molar-refractivity contribution in [2.75, 3.05) is 0 Å². The first-order valence-electron chi connectivity index (χ1n) is 5.27. The van der Waals surface area contributed by atoms with Crippen LogP contribution in [0.15, 0.2) is 12.4 Å². The molecule has 0 aromatic carbocycles. The second kappa shape index (κ2) is 6.64. The molecule has 7 nitrogen and oxygen atoms in total. The number of sulfonamides is 2. The largest absolute Gasteiger partial charge is 0.480 e. The lowest BCUT2D eigenvalue weighted by Crippen LogP contribution is -2.30. The van der Waals surface area contributed by atoms with Gasteiger partial charge in [0.15, 0.2) is 20.0 Å². The molecule has 23 heavy (non-hydrogen) atoms. The average molecular weight is 391 g/mol. The van der Waals surface area contributed by atoms with Gasteiger partial charge in [-0.15, -0.1) is 0 Å². The fourth-order valence-corrected chi connectivity index (χ4v) is 2.59. The Labute approximate surface area is 127 Å². The third kappa shape index (κ3) is 5.65. The van der Waals surface area contributed by atoms with Gasteiger partial charge in [0, 0.05) is 6.92 Å². The van der Waals surface area contributed by atoms with Crippen LogP contribution < -0.4 is 4.57 Å². The van der Waals surface area contributed by atoms with Gasteiger partial charge in [0.25, 0.3) is 5.82 Å². The monoisotopic (exact) mass is 391 g/mol. The lowest BCUT2D eigenvalue weighted by Gasteiger charge is -2.22. The Bertz CT molecular complexity index is 686. The second-order valence-electron chi connectivity index (χ2n) is 3.98. The minimum absolute atomic E-state index is 0.778. The minimum Gasteiger partial charge on any atom is -0.421 e. The maximum absolute atomic E-state index is 11.4. The highest BCUT2D eigenvalue weighted by atomic mass is 32.3. The molecule has 0 spiro atoms. The molecule has 136 valence electrons. The van der Waals surface area contributed by atoms with E-state index in [0.717, 1.165) is 4.13 Å². The fraction of sp³-hybridized carbons (Fsp3) is 0.625. The van der Waals surface area contributed by atoms with Crippen molar-refractivity contribution in [2.45, 2.75) is 17.9 Å². The van der Waals surface area contributed by atoms with E-state index in [2.05, 4.69) is 16.1 Å². The van der Waals surface area contributed by atoms with Crippen molar-refractivity contribution in [1.29, 1.82) is 0 Å². The van der Waals surface area contributed by atoms with Gasteiger partial charge in [-0.25, -0.2) is 26.0 Å². The van der Waals surface area contributed by atoms with Crippen molar-refractivity contribution in [3.05, 3.63) is 22.3 Å². The van der Waals surface area contributed by atoms with Crippen molar-refractivity contribution < 1.29 is 47.7 Å². The predicted molar refractivity (Wildman–Crippen MR) is 64.6 cm³/mol. The molecule has 15 heteroatoms. The first kappa shape index (κ1) is 21.6. The molecule has 0 radical (unpaired) electrons. The Kier molecular flexibility index (Phi) is 6.25. The van der Waals surface area contributed by atoms with E-state index >= 15 is 0 Å². The fourth-order valence-electron chi connectivity index (χ4n) is 0.878. The lowest BCUT2D eigenvalue weighted by atomic mass is 10.7. The minimum atomic E-state index is -6.72. The van der Waals surface area contributed by atoms with Gasteiger partial charge in [-0.1, -0.05) is 0 Å². The molecular formula is C8H11F6N3O4S2. The Hall–Kier alpha value is -1.35. The number of aryl methyl sites for hydroxylation is 2. The highest BCUT2D eigenvalue weighted by Crippen LogP contribution is 2.36. The zero-order chi connectivity index (χ0) is 18.9. The van der Waals surface area contributed by atoms with Crippen LogP contribution in [0.2, 0.25) is 0 Å². The van der Waals surface area contributed by atoms with Crippen LogP contribution in [0.5, 0.6) is 0 Å². The van der Waals surface area contributed by atoms with Gasteiger partial charge in [0.1, 0.15) is 12.4 Å². The van der Waals surface area contributed by atoms with E-state index in [1.807, 2.05) is 26.5 Å². The zero-order valence-electron chi connectivity index (χ0n) is 11.7. The SMILES string of the molecule is Cc1n(C)cc[n+]1C.O=S(=O)([N-]S(=O)(=O)C(F)(F)F)C(F)(F)F. The second-order valence-corrected chi connectivity index (χ2v) is 7.41. The van der Waals surface area contributed by atoms with Crippen LogP contribution in [0.25, 0.3) is 4.13 Å². The van der Waals surface area contributed by atoms with Gasteiger partial charge < -0.3 is 4.13 Å². The van der Waals surface area contributed by atoms with Crippen molar-refractivity contribution in [3.8, 4) is 0 Å². The molecule has 0 aliphatic rings. The molecule has 0 N–H and O–H groups in total. The molecule has 0 amide bonds. The van der Waals surface area contributed by atoms with Crippen molar-refractivity contribution in [1.82, 2.24) is 4.57 Å². The number of imidazole rings is 1. The van der Waals surface area contributed by atoms with E-state index in [1.165, 1.54) is 5.82 Å². The van der Waals surface area contributed by atoms with Gasteiger partial charge in [0.05, 0.1) is 14.1 Å². The van der Waals surface area contributed by atoms with Crippen molar-refractivity contribution in [3.63, 3.8) is 0 Å². The molecule has 0 fully saturated rings. The van der Waals surface area contributed by atoms with Gasteiger partial charge in [0.2, 0.25) is 0 Å². The van der Waals surface area contributed by atoms with Crippen LogP contribution in [0, 0.1) is 6.92 Å². The number of aromatic nitrogens is 2. The quantitative estimate of drug-likeness (QED) is 0.560. The van der Waals surface area contributed by atoms with E-state index in [9.17, 15) is 43.2 Å². The van der Waals surface area contributed by atoms with E-state index in [0.29, 0.717) is 0 Å². The van der Waals surface area contributed by atoms with Gasteiger partial charge in [-0.3, -0.25) is 0 Å². The Morgan fingerprint density at radius 2 is 1.35 bits per heavy atom. The molecule has 1 heterocycles. The Morgan fingerprint density at radius 1 is 1.00 bits per heavy atom. The number of hydrogen-bond acceptors (Lipinski definition) is 4. The number of halogens is 6. The first-order valence-corrected chi connectivity index (χ1v) is 8.15. The summed E-state index contributed by atoms with van der Waals surface area (Å²) in [7, 11) is -9.37. The number of nitrogens with zero attached hydrogens (tertiary/aromatic N) is 3. The normalized spacial score (nSPS) is 13.4. The summed E-state index contributed by atoms with van der Waals surface area (Å²) in [6.07, 6.45) is 4.07. The van der Waals surface area contributed by atoms with Crippen molar-refractivity contribution in [2.24, 2.45) is 14.1 Å². The van der Waals surface area contributed by atoms with E-state index < -0.39 is 31.1 Å². The zero-order valence-corrected chi connectivity index (χ0v) is 13.3. The summed E-state index contributed by atoms with van der Waals surface area (Å²) in [6.45, 7) is 2.08. The topological polar surface area (TPSA) is 91.2 Å². The standard InChI is InChI=1S/C6H11N2.C2F6NO4S2/c1-6-7(2)4-5-8(6)3;3-1(4,5)14(10,11)9-15(12,13)2(6,7)8/h4-5H,1-3H3;/q+1;-1. The third-order valence-corrected chi connectivity index (χ3v) is 5.06. The summed E-state index contributed by atoms with van der Waals surface area (Å²) in [6, 6.07) is 0. The van der Waals surface area contributed by atoms with E-state index in [1.54, 1.807) is 0 Å². The highest BCUT2D eigenvalue weighted by molar-refractivity contribution is 8.13. The maximum Gasteiger partial charge on any atom is 0.480 e. The van der Waals surface area contributed by atoms with Gasteiger partial charge in [-0.05, 0) is 0 Å². The third-order valence-electron chi connectivity index (χ3n) is 2.32. The Morgan fingerprint density at radius 3 is 1.48 bits per heavy atom. The molecule has 0 aliphatic carbocycles. The number of rotatable bonds is 2. The molecule has 1 aromatic rings. The molecule has 1 rings (SSSR count). The van der Waals surface area contributed by atoms with Crippen LogP contribution in [-0.2, 0) is 34.1 Å². The van der Waals surface area contributed by atoms with E-state index in [4.69, 9.17) is 0 Å². The molecule has 0 saturated heterocycles. The summed E-state index contributed by atoms with van der Waals surface area (Å²) < 4.78 is 113. The van der Waals surface area contributed by atoms with Crippen LogP contribution in [-0.4, -0.2) is 32.4 Å². The first-order chi connectivity index (χ1) is 9.92. The van der Waals surface area contributed by atoms with Gasteiger partial charge in [-0.2, -0.15) is 26.3 Å². The highest BCUT2D eigenvalue weighted by Gasteiger charge is 2.46. The van der Waals surface area contributed by atoms with E-state index in [-0.39, 0.29) is 0 Å². The summed E-state index contributed by atoms with van der Waals surface area (Å²) in [5, 5.41) is 0. The number of alkyl halides is 6. The van der Waals surface area contributed by atoms with Gasteiger partial charge >= 0.3 is 11.0 Å². The maximum atomic E-state index is 11.4. The van der Waals surface area contributed by atoms with Crippen LogP contribution >= 0.6 is 0 Å². The molecule has 0 unspecified atom stereocenters.